The lowest BCUT2D eigenvalue weighted by Crippen LogP contribution is -2.01. The first-order chi connectivity index (χ1) is 8.31. The van der Waals surface area contributed by atoms with Crippen LogP contribution >= 0.6 is 11.3 Å². The summed E-state index contributed by atoms with van der Waals surface area (Å²) in [5, 5.41) is 1.15. The Morgan fingerprint density at radius 1 is 1.18 bits per heavy atom. The third kappa shape index (κ3) is 3.38. The quantitative estimate of drug-likeness (QED) is 0.881. The van der Waals surface area contributed by atoms with Crippen molar-refractivity contribution in [3.8, 4) is 0 Å². The van der Waals surface area contributed by atoms with Crippen molar-refractivity contribution in [1.29, 1.82) is 0 Å². The summed E-state index contributed by atoms with van der Waals surface area (Å²) in [4.78, 5) is 5.69. The molecule has 0 radical (unpaired) electrons. The monoisotopic (exact) mass is 246 g/mol. The van der Waals surface area contributed by atoms with Crippen LogP contribution in [0.2, 0.25) is 0 Å². The number of nitrogens with zero attached hydrogens (tertiary/aromatic N) is 1. The molecule has 0 spiro atoms. The van der Waals surface area contributed by atoms with Crippen LogP contribution in [0, 0.1) is 0 Å². The van der Waals surface area contributed by atoms with Crippen LogP contribution in [0.4, 0.5) is 0 Å². The number of aromatic nitrogens is 1. The lowest BCUT2D eigenvalue weighted by atomic mass is 10.1. The van der Waals surface area contributed by atoms with E-state index in [4.69, 9.17) is 5.73 Å². The lowest BCUT2D eigenvalue weighted by Gasteiger charge is -2.00. The van der Waals surface area contributed by atoms with Crippen LogP contribution < -0.4 is 5.73 Å². The van der Waals surface area contributed by atoms with Crippen molar-refractivity contribution in [3.63, 3.8) is 0 Å². The van der Waals surface area contributed by atoms with Gasteiger partial charge in [0.25, 0.3) is 0 Å². The summed E-state index contributed by atoms with van der Waals surface area (Å²) < 4.78 is 0. The maximum atomic E-state index is 5.52. The zero-order valence-electron chi connectivity index (χ0n) is 10.1. The fraction of sp³-hybridized carbons (Fsp3) is 0.357. The molecule has 0 saturated carbocycles. The molecule has 0 aliphatic rings. The lowest BCUT2D eigenvalue weighted by molar-refractivity contribution is 0.952. The highest BCUT2D eigenvalue weighted by Crippen LogP contribution is 2.18. The summed E-state index contributed by atoms with van der Waals surface area (Å²) in [5.74, 6) is 0. The SMILES string of the molecule is CCc1ccc(Cc2cnc(CCN)s2)cc1. The van der Waals surface area contributed by atoms with Gasteiger partial charge in [-0.05, 0) is 24.1 Å². The average Bonchev–Trinajstić information content (AvgIpc) is 2.78. The molecule has 17 heavy (non-hydrogen) atoms. The maximum Gasteiger partial charge on any atom is 0.0940 e. The van der Waals surface area contributed by atoms with Gasteiger partial charge in [-0.15, -0.1) is 11.3 Å². The topological polar surface area (TPSA) is 38.9 Å². The molecule has 0 saturated heterocycles. The molecule has 1 aromatic heterocycles. The molecule has 0 unspecified atom stereocenters. The van der Waals surface area contributed by atoms with Gasteiger partial charge in [-0.3, -0.25) is 0 Å². The maximum absolute atomic E-state index is 5.52. The molecule has 1 heterocycles. The Kier molecular flexibility index (Phi) is 4.29. The third-order valence-electron chi connectivity index (χ3n) is 2.77. The number of rotatable bonds is 5. The zero-order chi connectivity index (χ0) is 12.1. The van der Waals surface area contributed by atoms with Crippen LogP contribution in [0.5, 0.6) is 0 Å². The van der Waals surface area contributed by atoms with Gasteiger partial charge in [-0.1, -0.05) is 31.2 Å². The van der Waals surface area contributed by atoms with Crippen LogP contribution in [0.15, 0.2) is 30.5 Å². The summed E-state index contributed by atoms with van der Waals surface area (Å²) in [6, 6.07) is 8.83. The van der Waals surface area contributed by atoms with Crippen molar-refractivity contribution < 1.29 is 0 Å². The van der Waals surface area contributed by atoms with Crippen LogP contribution in [0.1, 0.15) is 27.9 Å². The molecular weight excluding hydrogens is 228 g/mol. The van der Waals surface area contributed by atoms with Crippen molar-refractivity contribution in [2.75, 3.05) is 6.54 Å². The Labute approximate surface area is 107 Å². The van der Waals surface area contributed by atoms with E-state index < -0.39 is 0 Å². The van der Waals surface area contributed by atoms with Gasteiger partial charge >= 0.3 is 0 Å². The van der Waals surface area contributed by atoms with Gasteiger partial charge in [-0.25, -0.2) is 4.98 Å². The summed E-state index contributed by atoms with van der Waals surface area (Å²) in [6.07, 6.45) is 4.94. The molecule has 90 valence electrons. The molecule has 2 rings (SSSR count). The molecular formula is C14H18N2S. The standard InChI is InChI=1S/C14H18N2S/c1-2-11-3-5-12(6-4-11)9-13-10-16-14(17-13)7-8-15/h3-6,10H,2,7-9,15H2,1H3. The highest BCUT2D eigenvalue weighted by atomic mass is 32.1. The number of nitrogens with two attached hydrogens (primary N) is 1. The normalized spacial score (nSPS) is 10.7. The Hall–Kier alpha value is -1.19. The van der Waals surface area contributed by atoms with Crippen LogP contribution in [0.3, 0.4) is 0 Å². The number of thiazole rings is 1. The summed E-state index contributed by atoms with van der Waals surface area (Å²) in [5.41, 5.74) is 8.26. The molecule has 1 aromatic carbocycles. The Balaban J connectivity index is 2.03. The molecule has 0 bridgehead atoms. The van der Waals surface area contributed by atoms with Gasteiger partial charge in [0.2, 0.25) is 0 Å². The number of hydrogen-bond donors (Lipinski definition) is 1. The van der Waals surface area contributed by atoms with Gasteiger partial charge in [0, 0.05) is 23.9 Å². The van der Waals surface area contributed by atoms with Crippen LogP contribution in [-0.4, -0.2) is 11.5 Å². The Bertz CT molecular complexity index is 459. The minimum Gasteiger partial charge on any atom is -0.330 e. The van der Waals surface area contributed by atoms with E-state index >= 15 is 0 Å². The first kappa shape index (κ1) is 12.3. The van der Waals surface area contributed by atoms with Crippen molar-refractivity contribution in [3.05, 3.63) is 51.5 Å². The summed E-state index contributed by atoms with van der Waals surface area (Å²) in [7, 11) is 0. The highest BCUT2D eigenvalue weighted by molar-refractivity contribution is 7.11. The number of benzene rings is 1. The zero-order valence-corrected chi connectivity index (χ0v) is 11.0. The first-order valence-corrected chi connectivity index (χ1v) is 6.85. The van der Waals surface area contributed by atoms with Crippen molar-refractivity contribution in [1.82, 2.24) is 4.98 Å². The van der Waals surface area contributed by atoms with E-state index in [-0.39, 0.29) is 0 Å². The van der Waals surface area contributed by atoms with Crippen molar-refractivity contribution in [2.24, 2.45) is 5.73 Å². The van der Waals surface area contributed by atoms with Gasteiger partial charge in [0.05, 0.1) is 5.01 Å². The predicted molar refractivity (Wildman–Crippen MR) is 73.5 cm³/mol. The summed E-state index contributed by atoms with van der Waals surface area (Å²) in [6.45, 7) is 2.86. The van der Waals surface area contributed by atoms with Gasteiger partial charge < -0.3 is 5.73 Å². The second-order valence-electron chi connectivity index (χ2n) is 4.11. The minimum atomic E-state index is 0.679. The van der Waals surface area contributed by atoms with Crippen LogP contribution in [0.25, 0.3) is 0 Å². The molecule has 0 amide bonds. The first-order valence-electron chi connectivity index (χ1n) is 6.03. The van der Waals surface area contributed by atoms with E-state index in [1.165, 1.54) is 16.0 Å². The van der Waals surface area contributed by atoms with E-state index in [1.54, 1.807) is 11.3 Å². The fourth-order valence-corrected chi connectivity index (χ4v) is 2.74. The molecule has 0 fully saturated rings. The Morgan fingerprint density at radius 3 is 2.53 bits per heavy atom. The fourth-order valence-electron chi connectivity index (χ4n) is 1.76. The Morgan fingerprint density at radius 2 is 1.88 bits per heavy atom. The van der Waals surface area contributed by atoms with E-state index in [0.717, 1.165) is 24.3 Å². The molecule has 3 heteroatoms. The van der Waals surface area contributed by atoms with Gasteiger partial charge in [-0.2, -0.15) is 0 Å². The van der Waals surface area contributed by atoms with E-state index in [9.17, 15) is 0 Å². The number of hydrogen-bond acceptors (Lipinski definition) is 3. The molecule has 0 aliphatic carbocycles. The molecule has 2 N–H and O–H groups in total. The second kappa shape index (κ2) is 5.94. The largest absolute Gasteiger partial charge is 0.330 e. The molecule has 0 aliphatic heterocycles. The van der Waals surface area contributed by atoms with Crippen molar-refractivity contribution >= 4 is 11.3 Å². The third-order valence-corrected chi connectivity index (χ3v) is 3.83. The predicted octanol–water partition coefficient (Wildman–Crippen LogP) is 2.80. The van der Waals surface area contributed by atoms with Crippen molar-refractivity contribution in [2.45, 2.75) is 26.2 Å². The average molecular weight is 246 g/mol. The molecule has 2 aromatic rings. The molecule has 2 nitrogen and oxygen atoms in total. The van der Waals surface area contributed by atoms with E-state index in [0.29, 0.717) is 6.54 Å². The van der Waals surface area contributed by atoms with E-state index in [2.05, 4.69) is 36.2 Å². The molecule has 0 atom stereocenters. The van der Waals surface area contributed by atoms with Gasteiger partial charge in [0.15, 0.2) is 0 Å². The minimum absolute atomic E-state index is 0.679. The summed E-state index contributed by atoms with van der Waals surface area (Å²) >= 11 is 1.77. The van der Waals surface area contributed by atoms with Gasteiger partial charge in [0.1, 0.15) is 0 Å². The smallest absolute Gasteiger partial charge is 0.0940 e. The number of aryl methyl sites for hydroxylation is 1. The highest BCUT2D eigenvalue weighted by Gasteiger charge is 2.02. The second-order valence-corrected chi connectivity index (χ2v) is 5.31. The van der Waals surface area contributed by atoms with Crippen LogP contribution in [-0.2, 0) is 19.3 Å². The van der Waals surface area contributed by atoms with E-state index in [1.807, 2.05) is 6.20 Å².